The molecule has 0 aliphatic carbocycles. The number of likely N-dealkylation sites (N-methyl/N-ethyl adjacent to an activating group) is 1. The molecule has 1 aromatic rings. The third-order valence-corrected chi connectivity index (χ3v) is 3.86. The lowest BCUT2D eigenvalue weighted by Crippen LogP contribution is -2.43. The van der Waals surface area contributed by atoms with Crippen molar-refractivity contribution < 1.29 is 13.9 Å². The van der Waals surface area contributed by atoms with Crippen LogP contribution < -0.4 is 10.1 Å². The number of benzene rings is 1. The van der Waals surface area contributed by atoms with E-state index in [1.165, 1.54) is 12.1 Å². The van der Waals surface area contributed by atoms with Gasteiger partial charge >= 0.3 is 0 Å². The molecular weight excluding hydrogens is 307 g/mol. The first-order chi connectivity index (χ1) is 10.1. The highest BCUT2D eigenvalue weighted by Crippen LogP contribution is 2.18. The molecule has 0 radical (unpaired) electrons. The average molecular weight is 331 g/mol. The van der Waals surface area contributed by atoms with Gasteiger partial charge in [0.1, 0.15) is 18.2 Å². The largest absolute Gasteiger partial charge is 0.492 e. The monoisotopic (exact) mass is 330 g/mol. The maximum absolute atomic E-state index is 12.8. The first kappa shape index (κ1) is 18.7. The highest BCUT2D eigenvalue weighted by molar-refractivity contribution is 5.85. The van der Waals surface area contributed by atoms with Gasteiger partial charge in [-0.3, -0.25) is 4.79 Å². The topological polar surface area (TPSA) is 41.6 Å². The van der Waals surface area contributed by atoms with Crippen LogP contribution in [0.5, 0.6) is 5.75 Å². The predicted molar refractivity (Wildman–Crippen MR) is 87.0 cm³/mol. The number of carbonyl (C=O) groups is 1. The van der Waals surface area contributed by atoms with Gasteiger partial charge in [-0.15, -0.1) is 12.4 Å². The molecule has 1 fully saturated rings. The molecule has 1 N–H and O–H groups in total. The van der Waals surface area contributed by atoms with Gasteiger partial charge in [-0.2, -0.15) is 0 Å². The molecule has 0 bridgehead atoms. The fourth-order valence-electron chi connectivity index (χ4n) is 2.61. The Kier molecular flexibility index (Phi) is 7.62. The molecule has 1 aromatic carbocycles. The maximum Gasteiger partial charge on any atom is 0.225 e. The Morgan fingerprint density at radius 2 is 2.09 bits per heavy atom. The van der Waals surface area contributed by atoms with Crippen LogP contribution in [0, 0.1) is 11.7 Å². The van der Waals surface area contributed by atoms with Gasteiger partial charge in [0.15, 0.2) is 0 Å². The van der Waals surface area contributed by atoms with E-state index in [0.29, 0.717) is 24.9 Å². The maximum atomic E-state index is 12.8. The number of hydrogen-bond donors (Lipinski definition) is 1. The van der Waals surface area contributed by atoms with Gasteiger partial charge in [0.2, 0.25) is 5.91 Å². The molecule has 1 heterocycles. The molecule has 0 spiro atoms. The summed E-state index contributed by atoms with van der Waals surface area (Å²) in [5.74, 6) is 0.630. The minimum Gasteiger partial charge on any atom is -0.492 e. The van der Waals surface area contributed by atoms with Gasteiger partial charge in [0, 0.05) is 19.0 Å². The lowest BCUT2D eigenvalue weighted by atomic mass is 9.92. The quantitative estimate of drug-likeness (QED) is 0.901. The molecule has 0 aromatic heterocycles. The molecule has 0 unspecified atom stereocenters. The van der Waals surface area contributed by atoms with E-state index >= 15 is 0 Å². The van der Waals surface area contributed by atoms with Crippen molar-refractivity contribution in [1.29, 1.82) is 0 Å². The van der Waals surface area contributed by atoms with E-state index in [0.717, 1.165) is 19.4 Å². The summed E-state index contributed by atoms with van der Waals surface area (Å²) in [4.78, 5) is 14.1. The number of amides is 1. The number of hydrogen-bond acceptors (Lipinski definition) is 3. The third kappa shape index (κ3) is 5.46. The van der Waals surface area contributed by atoms with E-state index in [1.54, 1.807) is 17.0 Å². The summed E-state index contributed by atoms with van der Waals surface area (Å²) in [6, 6.07) is 6.30. The highest BCUT2D eigenvalue weighted by Gasteiger charge is 2.26. The predicted octanol–water partition coefficient (Wildman–Crippen LogP) is 2.47. The van der Waals surface area contributed by atoms with Crippen LogP contribution in [-0.4, -0.2) is 43.6 Å². The van der Waals surface area contributed by atoms with Crippen molar-refractivity contribution in [2.24, 2.45) is 5.92 Å². The molecule has 0 saturated carbocycles. The Morgan fingerprint density at radius 1 is 1.41 bits per heavy atom. The van der Waals surface area contributed by atoms with Crippen LogP contribution in [0.4, 0.5) is 4.39 Å². The summed E-state index contributed by atoms with van der Waals surface area (Å²) >= 11 is 0. The highest BCUT2D eigenvalue weighted by atomic mass is 35.5. The first-order valence-electron chi connectivity index (χ1n) is 7.43. The van der Waals surface area contributed by atoms with Gasteiger partial charge in [0.05, 0.1) is 6.54 Å². The van der Waals surface area contributed by atoms with Gasteiger partial charge < -0.3 is 15.0 Å². The molecule has 6 heteroatoms. The Morgan fingerprint density at radius 3 is 2.73 bits per heavy atom. The van der Waals surface area contributed by atoms with Crippen molar-refractivity contribution >= 4 is 18.3 Å². The molecule has 1 amide bonds. The number of ether oxygens (including phenoxy) is 1. The summed E-state index contributed by atoms with van der Waals surface area (Å²) < 4.78 is 18.3. The zero-order valence-electron chi connectivity index (χ0n) is 13.0. The van der Waals surface area contributed by atoms with Crippen LogP contribution in [0.1, 0.15) is 19.8 Å². The van der Waals surface area contributed by atoms with Crippen LogP contribution in [-0.2, 0) is 4.79 Å². The Bertz CT molecular complexity index is 470. The molecule has 1 aliphatic heterocycles. The average Bonchev–Trinajstić information content (AvgIpc) is 2.48. The van der Waals surface area contributed by atoms with Crippen LogP contribution >= 0.6 is 12.4 Å². The second-order valence-electron chi connectivity index (χ2n) is 5.64. The molecular formula is C16H24ClFN2O2. The molecule has 1 saturated heterocycles. The second-order valence-corrected chi connectivity index (χ2v) is 5.64. The van der Waals surface area contributed by atoms with Crippen molar-refractivity contribution in [2.75, 3.05) is 26.7 Å². The van der Waals surface area contributed by atoms with E-state index < -0.39 is 0 Å². The molecule has 4 nitrogen and oxygen atoms in total. The zero-order chi connectivity index (χ0) is 15.2. The van der Waals surface area contributed by atoms with E-state index in [2.05, 4.69) is 12.2 Å². The van der Waals surface area contributed by atoms with Crippen LogP contribution in [0.2, 0.25) is 0 Å². The molecule has 124 valence electrons. The summed E-state index contributed by atoms with van der Waals surface area (Å²) in [5, 5.41) is 3.35. The van der Waals surface area contributed by atoms with Crippen molar-refractivity contribution in [2.45, 2.75) is 25.8 Å². The number of carbonyl (C=O) groups excluding carboxylic acids is 1. The van der Waals surface area contributed by atoms with Gasteiger partial charge in [-0.25, -0.2) is 4.39 Å². The van der Waals surface area contributed by atoms with Crippen LogP contribution in [0.15, 0.2) is 24.3 Å². The smallest absolute Gasteiger partial charge is 0.225 e. The minimum absolute atomic E-state index is 0. The van der Waals surface area contributed by atoms with Crippen molar-refractivity contribution in [1.82, 2.24) is 10.2 Å². The number of nitrogens with one attached hydrogen (secondary N) is 1. The van der Waals surface area contributed by atoms with Crippen molar-refractivity contribution in [3.8, 4) is 5.75 Å². The zero-order valence-corrected chi connectivity index (χ0v) is 13.9. The Balaban J connectivity index is 0.00000242. The molecule has 2 atom stereocenters. The lowest BCUT2D eigenvalue weighted by molar-refractivity contribution is -0.135. The summed E-state index contributed by atoms with van der Waals surface area (Å²) in [6.07, 6.45) is 1.79. The van der Waals surface area contributed by atoms with Crippen molar-refractivity contribution in [3.63, 3.8) is 0 Å². The molecule has 2 rings (SSSR count). The summed E-state index contributed by atoms with van der Waals surface area (Å²) in [5.41, 5.74) is 0. The van der Waals surface area contributed by atoms with Gasteiger partial charge in [-0.1, -0.05) is 0 Å². The number of halogens is 2. The summed E-state index contributed by atoms with van der Waals surface area (Å²) in [6.45, 7) is 3.96. The fraction of sp³-hybridized carbons (Fsp3) is 0.562. The van der Waals surface area contributed by atoms with E-state index in [1.807, 2.05) is 7.05 Å². The normalized spacial score (nSPS) is 20.9. The summed E-state index contributed by atoms with van der Waals surface area (Å²) in [7, 11) is 1.81. The third-order valence-electron chi connectivity index (χ3n) is 3.86. The SMILES string of the molecule is C[C@H]1C[C@@H](C(=O)N(C)CCOc2ccc(F)cc2)CCN1.Cl. The van der Waals surface area contributed by atoms with Gasteiger partial charge in [0.25, 0.3) is 0 Å². The fourth-order valence-corrected chi connectivity index (χ4v) is 2.61. The second kappa shape index (κ2) is 8.96. The van der Waals surface area contributed by atoms with Crippen LogP contribution in [0.3, 0.4) is 0 Å². The number of rotatable bonds is 5. The van der Waals surface area contributed by atoms with E-state index in [4.69, 9.17) is 4.74 Å². The van der Waals surface area contributed by atoms with Crippen molar-refractivity contribution in [3.05, 3.63) is 30.1 Å². The first-order valence-corrected chi connectivity index (χ1v) is 7.43. The lowest BCUT2D eigenvalue weighted by Gasteiger charge is -2.30. The van der Waals surface area contributed by atoms with E-state index in [-0.39, 0.29) is 30.0 Å². The van der Waals surface area contributed by atoms with Crippen LogP contribution in [0.25, 0.3) is 0 Å². The molecule has 1 aliphatic rings. The Hall–Kier alpha value is -1.33. The number of piperidine rings is 1. The Labute approximate surface area is 137 Å². The standard InChI is InChI=1S/C16H23FN2O2.ClH/c1-12-11-13(7-8-18-12)16(20)19(2)9-10-21-15-5-3-14(17)4-6-15;/h3-6,12-13,18H,7-11H2,1-2H3;1H/t12-,13-;/m0./s1. The molecule has 22 heavy (non-hydrogen) atoms. The van der Waals surface area contributed by atoms with E-state index in [9.17, 15) is 9.18 Å². The number of nitrogens with zero attached hydrogens (tertiary/aromatic N) is 1. The van der Waals surface area contributed by atoms with Gasteiger partial charge in [-0.05, 0) is 50.6 Å². The minimum atomic E-state index is -0.283.